The molecular formula is C12H17N3O. The predicted octanol–water partition coefficient (Wildman–Crippen LogP) is 1.78. The maximum Gasteiger partial charge on any atom is 0.315 e. The van der Waals surface area contributed by atoms with Crippen molar-refractivity contribution in [1.82, 2.24) is 15.6 Å². The molecule has 0 unspecified atom stereocenters. The summed E-state index contributed by atoms with van der Waals surface area (Å²) in [5.41, 5.74) is 0.418. The Morgan fingerprint density at radius 3 is 2.75 bits per heavy atom. The van der Waals surface area contributed by atoms with E-state index in [-0.39, 0.29) is 6.03 Å². The third-order valence-corrected chi connectivity index (χ3v) is 2.64. The van der Waals surface area contributed by atoms with Gasteiger partial charge in [-0.1, -0.05) is 6.07 Å². The van der Waals surface area contributed by atoms with E-state index >= 15 is 0 Å². The van der Waals surface area contributed by atoms with Crippen LogP contribution in [-0.4, -0.2) is 17.1 Å². The number of nitrogens with zero attached hydrogens (tertiary/aromatic N) is 1. The first-order valence-corrected chi connectivity index (χ1v) is 5.58. The van der Waals surface area contributed by atoms with E-state index < -0.39 is 5.54 Å². The average Bonchev–Trinajstić information content (AvgIpc) is 3.02. The molecular weight excluding hydrogens is 202 g/mol. The topological polar surface area (TPSA) is 54.0 Å². The lowest BCUT2D eigenvalue weighted by molar-refractivity contribution is 0.229. The summed E-state index contributed by atoms with van der Waals surface area (Å²) >= 11 is 0. The van der Waals surface area contributed by atoms with Gasteiger partial charge in [0.1, 0.15) is 0 Å². The van der Waals surface area contributed by atoms with E-state index in [4.69, 9.17) is 0 Å². The molecule has 0 saturated heterocycles. The molecule has 1 fully saturated rings. The van der Waals surface area contributed by atoms with Crippen molar-refractivity contribution in [2.45, 2.75) is 38.3 Å². The average molecular weight is 219 g/mol. The van der Waals surface area contributed by atoms with E-state index in [0.29, 0.717) is 6.04 Å². The van der Waals surface area contributed by atoms with Crippen molar-refractivity contribution in [3.63, 3.8) is 0 Å². The Labute approximate surface area is 95.5 Å². The fourth-order valence-electron chi connectivity index (χ4n) is 1.53. The third kappa shape index (κ3) is 2.72. The van der Waals surface area contributed by atoms with Crippen molar-refractivity contribution in [2.75, 3.05) is 0 Å². The van der Waals surface area contributed by atoms with E-state index in [1.807, 2.05) is 32.0 Å². The Morgan fingerprint density at radius 2 is 2.19 bits per heavy atom. The van der Waals surface area contributed by atoms with Crippen molar-refractivity contribution >= 4 is 6.03 Å². The maximum absolute atomic E-state index is 11.6. The number of urea groups is 1. The van der Waals surface area contributed by atoms with Crippen molar-refractivity contribution < 1.29 is 4.79 Å². The lowest BCUT2D eigenvalue weighted by atomic mass is 10.0. The second-order valence-corrected chi connectivity index (χ2v) is 4.71. The highest BCUT2D eigenvalue weighted by molar-refractivity contribution is 5.75. The standard InChI is InChI=1S/C12H17N3O/c1-12(2,10-5-3-4-8-13-10)15-11(16)14-9-6-7-9/h3-5,8-9H,6-7H2,1-2H3,(H2,14,15,16). The van der Waals surface area contributed by atoms with Gasteiger partial charge in [-0.25, -0.2) is 4.79 Å². The van der Waals surface area contributed by atoms with Crippen molar-refractivity contribution in [1.29, 1.82) is 0 Å². The minimum absolute atomic E-state index is 0.113. The number of pyridine rings is 1. The van der Waals surface area contributed by atoms with Crippen LogP contribution in [0.1, 0.15) is 32.4 Å². The van der Waals surface area contributed by atoms with Gasteiger partial charge in [0, 0.05) is 12.2 Å². The molecule has 2 amide bonds. The van der Waals surface area contributed by atoms with Crippen LogP contribution >= 0.6 is 0 Å². The van der Waals surface area contributed by atoms with Gasteiger partial charge < -0.3 is 10.6 Å². The molecule has 1 aliphatic carbocycles. The molecule has 2 rings (SSSR count). The number of carbonyl (C=O) groups is 1. The van der Waals surface area contributed by atoms with Crippen LogP contribution in [0.2, 0.25) is 0 Å². The highest BCUT2D eigenvalue weighted by Gasteiger charge is 2.28. The number of rotatable bonds is 3. The smallest absolute Gasteiger partial charge is 0.315 e. The third-order valence-electron chi connectivity index (χ3n) is 2.64. The summed E-state index contributed by atoms with van der Waals surface area (Å²) in [5.74, 6) is 0. The molecule has 86 valence electrons. The summed E-state index contributed by atoms with van der Waals surface area (Å²) in [6.07, 6.45) is 3.92. The van der Waals surface area contributed by atoms with Gasteiger partial charge in [-0.05, 0) is 38.8 Å². The quantitative estimate of drug-likeness (QED) is 0.814. The van der Waals surface area contributed by atoms with Gasteiger partial charge >= 0.3 is 6.03 Å². The lowest BCUT2D eigenvalue weighted by Crippen LogP contribution is -2.47. The van der Waals surface area contributed by atoms with Gasteiger partial charge in [0.05, 0.1) is 11.2 Å². The molecule has 2 N–H and O–H groups in total. The monoisotopic (exact) mass is 219 g/mol. The van der Waals surface area contributed by atoms with Crippen molar-refractivity contribution in [3.8, 4) is 0 Å². The van der Waals surface area contributed by atoms with Gasteiger partial charge in [0.2, 0.25) is 0 Å². The molecule has 0 aromatic carbocycles. The Kier molecular flexibility index (Phi) is 2.81. The zero-order valence-corrected chi connectivity index (χ0v) is 9.66. The molecule has 0 atom stereocenters. The minimum Gasteiger partial charge on any atom is -0.335 e. The van der Waals surface area contributed by atoms with E-state index in [1.165, 1.54) is 0 Å². The molecule has 1 saturated carbocycles. The van der Waals surface area contributed by atoms with Crippen LogP contribution in [0, 0.1) is 0 Å². The molecule has 0 spiro atoms. The molecule has 0 radical (unpaired) electrons. The summed E-state index contributed by atoms with van der Waals surface area (Å²) in [6, 6.07) is 5.96. The van der Waals surface area contributed by atoms with Gasteiger partial charge in [0.25, 0.3) is 0 Å². The van der Waals surface area contributed by atoms with Gasteiger partial charge in [-0.3, -0.25) is 4.98 Å². The van der Waals surface area contributed by atoms with Gasteiger partial charge in [-0.2, -0.15) is 0 Å². The first-order valence-electron chi connectivity index (χ1n) is 5.58. The van der Waals surface area contributed by atoms with Crippen molar-refractivity contribution in [3.05, 3.63) is 30.1 Å². The van der Waals surface area contributed by atoms with Gasteiger partial charge in [-0.15, -0.1) is 0 Å². The van der Waals surface area contributed by atoms with Crippen LogP contribution in [-0.2, 0) is 5.54 Å². The lowest BCUT2D eigenvalue weighted by Gasteiger charge is -2.25. The molecule has 1 aliphatic rings. The minimum atomic E-state index is -0.444. The zero-order chi connectivity index (χ0) is 11.6. The molecule has 1 aromatic heterocycles. The Bertz CT molecular complexity index is 371. The van der Waals surface area contributed by atoms with E-state index in [0.717, 1.165) is 18.5 Å². The van der Waals surface area contributed by atoms with E-state index in [9.17, 15) is 4.79 Å². The van der Waals surface area contributed by atoms with Crippen LogP contribution in [0.25, 0.3) is 0 Å². The largest absolute Gasteiger partial charge is 0.335 e. The van der Waals surface area contributed by atoms with Crippen LogP contribution in [0.15, 0.2) is 24.4 Å². The van der Waals surface area contributed by atoms with Crippen LogP contribution in [0.3, 0.4) is 0 Å². The Balaban J connectivity index is 1.98. The Hall–Kier alpha value is -1.58. The van der Waals surface area contributed by atoms with E-state index in [2.05, 4.69) is 15.6 Å². The summed E-state index contributed by atoms with van der Waals surface area (Å²) < 4.78 is 0. The normalized spacial score (nSPS) is 15.6. The van der Waals surface area contributed by atoms with Gasteiger partial charge in [0.15, 0.2) is 0 Å². The van der Waals surface area contributed by atoms with Crippen LogP contribution in [0.5, 0.6) is 0 Å². The number of amides is 2. The number of hydrogen-bond donors (Lipinski definition) is 2. The highest BCUT2D eigenvalue weighted by atomic mass is 16.2. The van der Waals surface area contributed by atoms with Crippen molar-refractivity contribution in [2.24, 2.45) is 0 Å². The SMILES string of the molecule is CC(C)(NC(=O)NC1CC1)c1ccccn1. The molecule has 1 aromatic rings. The molecule has 0 bridgehead atoms. The second kappa shape index (κ2) is 4.12. The van der Waals surface area contributed by atoms with E-state index in [1.54, 1.807) is 6.20 Å². The summed E-state index contributed by atoms with van der Waals surface area (Å²) in [4.78, 5) is 15.9. The highest BCUT2D eigenvalue weighted by Crippen LogP contribution is 2.20. The number of hydrogen-bond acceptors (Lipinski definition) is 2. The molecule has 1 heterocycles. The Morgan fingerprint density at radius 1 is 1.44 bits per heavy atom. The fraction of sp³-hybridized carbons (Fsp3) is 0.500. The first-order chi connectivity index (χ1) is 7.58. The molecule has 16 heavy (non-hydrogen) atoms. The molecule has 0 aliphatic heterocycles. The molecule has 4 heteroatoms. The van der Waals surface area contributed by atoms with Crippen LogP contribution in [0.4, 0.5) is 4.79 Å². The first kappa shape index (κ1) is 10.9. The summed E-state index contributed by atoms with van der Waals surface area (Å²) in [6.45, 7) is 3.89. The number of nitrogens with one attached hydrogen (secondary N) is 2. The predicted molar refractivity (Wildman–Crippen MR) is 62.0 cm³/mol. The maximum atomic E-state index is 11.6. The second-order valence-electron chi connectivity index (χ2n) is 4.71. The van der Waals surface area contributed by atoms with Crippen LogP contribution < -0.4 is 10.6 Å². The number of aromatic nitrogens is 1. The molecule has 4 nitrogen and oxygen atoms in total. The summed E-state index contributed by atoms with van der Waals surface area (Å²) in [7, 11) is 0. The number of carbonyl (C=O) groups excluding carboxylic acids is 1. The fourth-order valence-corrected chi connectivity index (χ4v) is 1.53. The summed E-state index contributed by atoms with van der Waals surface area (Å²) in [5, 5.41) is 5.83. The zero-order valence-electron chi connectivity index (χ0n) is 9.66.